The Kier molecular flexibility index (Phi) is 7.87. The van der Waals surface area contributed by atoms with Gasteiger partial charge >= 0.3 is 6.09 Å². The minimum Gasteiger partial charge on any atom is -0.465 e. The molecule has 35 heavy (non-hydrogen) atoms. The number of carbonyl (C=O) groups is 2. The summed E-state index contributed by atoms with van der Waals surface area (Å²) in [4.78, 5) is 43.3. The summed E-state index contributed by atoms with van der Waals surface area (Å²) in [5.74, 6) is -0.983. The summed E-state index contributed by atoms with van der Waals surface area (Å²) in [5.41, 5.74) is 3.19. The predicted molar refractivity (Wildman–Crippen MR) is 134 cm³/mol. The largest absolute Gasteiger partial charge is 0.465 e. The quantitative estimate of drug-likeness (QED) is 0.570. The van der Waals surface area contributed by atoms with Crippen LogP contribution < -0.4 is 15.8 Å². The number of pyridine rings is 1. The molecule has 1 aromatic carbocycles. The number of benzene rings is 1. The molecule has 0 radical (unpaired) electrons. The predicted octanol–water partition coefficient (Wildman–Crippen LogP) is 4.11. The summed E-state index contributed by atoms with van der Waals surface area (Å²) < 4.78 is 14.7. The molecule has 0 saturated carbocycles. The van der Waals surface area contributed by atoms with E-state index < -0.39 is 17.8 Å². The van der Waals surface area contributed by atoms with Gasteiger partial charge < -0.3 is 25.2 Å². The van der Waals surface area contributed by atoms with E-state index in [1.165, 1.54) is 17.0 Å². The SMILES string of the molecule is CCN(c1cc(F)cc(C(=O)NCc2c(C)cc(C)[nH]c2=O)c1C)C1C[C@@H](C)N(C(=O)O)[C@H](C)C1. The van der Waals surface area contributed by atoms with Gasteiger partial charge in [0.05, 0.1) is 0 Å². The third kappa shape index (κ3) is 5.49. The molecule has 0 spiro atoms. The number of anilines is 1. The molecule has 2 aromatic rings. The van der Waals surface area contributed by atoms with Gasteiger partial charge in [-0.2, -0.15) is 0 Å². The molecule has 3 rings (SSSR count). The van der Waals surface area contributed by atoms with Crippen LogP contribution in [0.5, 0.6) is 0 Å². The topological polar surface area (TPSA) is 106 Å². The first-order chi connectivity index (χ1) is 16.4. The first-order valence-electron chi connectivity index (χ1n) is 12.0. The molecule has 1 saturated heterocycles. The van der Waals surface area contributed by atoms with Gasteiger partial charge in [-0.1, -0.05) is 0 Å². The molecule has 1 aliphatic heterocycles. The number of amides is 2. The average Bonchev–Trinajstić information content (AvgIpc) is 2.74. The van der Waals surface area contributed by atoms with Gasteiger partial charge in [0.25, 0.3) is 11.5 Å². The molecular formula is C26H35FN4O4. The van der Waals surface area contributed by atoms with Crippen LogP contribution >= 0.6 is 0 Å². The number of piperidine rings is 1. The Balaban J connectivity index is 1.87. The van der Waals surface area contributed by atoms with Crippen molar-refractivity contribution in [1.82, 2.24) is 15.2 Å². The maximum absolute atomic E-state index is 14.7. The van der Waals surface area contributed by atoms with Crippen LogP contribution in [0.3, 0.4) is 0 Å². The molecule has 0 bridgehead atoms. The molecular weight excluding hydrogens is 451 g/mol. The smallest absolute Gasteiger partial charge is 0.407 e. The van der Waals surface area contributed by atoms with Crippen molar-refractivity contribution in [1.29, 1.82) is 0 Å². The third-order valence-electron chi connectivity index (χ3n) is 7.00. The van der Waals surface area contributed by atoms with Gasteiger partial charge in [-0.25, -0.2) is 9.18 Å². The van der Waals surface area contributed by atoms with E-state index in [0.717, 1.165) is 11.3 Å². The van der Waals surface area contributed by atoms with Gasteiger partial charge in [-0.15, -0.1) is 0 Å². The zero-order valence-electron chi connectivity index (χ0n) is 21.2. The lowest BCUT2D eigenvalue weighted by atomic mass is 9.91. The zero-order valence-corrected chi connectivity index (χ0v) is 21.2. The van der Waals surface area contributed by atoms with Crippen LogP contribution in [0.1, 0.15) is 66.4 Å². The minimum atomic E-state index is -0.935. The lowest BCUT2D eigenvalue weighted by Gasteiger charge is -2.45. The van der Waals surface area contributed by atoms with Crippen LogP contribution in [0.4, 0.5) is 14.9 Å². The maximum Gasteiger partial charge on any atom is 0.407 e. The van der Waals surface area contributed by atoms with E-state index in [-0.39, 0.29) is 35.8 Å². The summed E-state index contributed by atoms with van der Waals surface area (Å²) in [7, 11) is 0. The molecule has 1 aliphatic rings. The standard InChI is InChI=1S/C26H35FN4O4/c1-7-30(20-9-16(4)31(26(34)35)17(5)10-20)23-12-19(27)11-21(18(23)6)24(32)28-13-22-14(2)8-15(3)29-25(22)33/h8,11-12,16-17,20H,7,9-10,13H2,1-6H3,(H,28,32)(H,29,33)(H,34,35)/t16-,17-/m1/s1. The average molecular weight is 487 g/mol. The molecule has 1 aromatic heterocycles. The van der Waals surface area contributed by atoms with Crippen LogP contribution in [-0.4, -0.2) is 51.7 Å². The summed E-state index contributed by atoms with van der Waals surface area (Å²) in [6, 6.07) is 4.14. The Morgan fingerprint density at radius 1 is 1.17 bits per heavy atom. The number of hydrogen-bond donors (Lipinski definition) is 3. The van der Waals surface area contributed by atoms with Crippen molar-refractivity contribution in [2.24, 2.45) is 0 Å². The fourth-order valence-corrected chi connectivity index (χ4v) is 5.37. The molecule has 2 heterocycles. The van der Waals surface area contributed by atoms with Gasteiger partial charge in [-0.05, 0) is 83.7 Å². The molecule has 3 N–H and O–H groups in total. The molecule has 2 amide bonds. The number of nitrogens with zero attached hydrogens (tertiary/aromatic N) is 2. The van der Waals surface area contributed by atoms with Gasteiger partial charge in [-0.3, -0.25) is 9.59 Å². The highest BCUT2D eigenvalue weighted by Crippen LogP contribution is 2.33. The van der Waals surface area contributed by atoms with Gasteiger partial charge in [0.15, 0.2) is 0 Å². The number of likely N-dealkylation sites (tertiary alicyclic amines) is 1. The fourth-order valence-electron chi connectivity index (χ4n) is 5.37. The Morgan fingerprint density at radius 3 is 2.34 bits per heavy atom. The number of halogens is 1. The second-order valence-corrected chi connectivity index (χ2v) is 9.52. The van der Waals surface area contributed by atoms with Crippen LogP contribution in [0.2, 0.25) is 0 Å². The third-order valence-corrected chi connectivity index (χ3v) is 7.00. The number of aryl methyl sites for hydroxylation is 2. The Labute approximate surface area is 205 Å². The first-order valence-corrected chi connectivity index (χ1v) is 12.0. The number of aromatic amines is 1. The van der Waals surface area contributed by atoms with E-state index in [9.17, 15) is 23.9 Å². The highest BCUT2D eigenvalue weighted by Gasteiger charge is 2.36. The summed E-state index contributed by atoms with van der Waals surface area (Å²) in [6.45, 7) is 11.7. The van der Waals surface area contributed by atoms with Crippen molar-refractivity contribution in [2.75, 3.05) is 11.4 Å². The van der Waals surface area contributed by atoms with Crippen LogP contribution in [0, 0.1) is 26.6 Å². The van der Waals surface area contributed by atoms with Crippen molar-refractivity contribution in [3.8, 4) is 0 Å². The van der Waals surface area contributed by atoms with Crippen molar-refractivity contribution in [3.63, 3.8) is 0 Å². The lowest BCUT2D eigenvalue weighted by Crippen LogP contribution is -2.55. The van der Waals surface area contributed by atoms with Crippen molar-refractivity contribution in [3.05, 3.63) is 62.3 Å². The van der Waals surface area contributed by atoms with Crippen molar-refractivity contribution >= 4 is 17.7 Å². The number of aromatic nitrogens is 1. The summed E-state index contributed by atoms with van der Waals surface area (Å²) >= 11 is 0. The van der Waals surface area contributed by atoms with Crippen LogP contribution in [-0.2, 0) is 6.54 Å². The molecule has 0 unspecified atom stereocenters. The zero-order chi connectivity index (χ0) is 26.0. The second kappa shape index (κ2) is 10.5. The van der Waals surface area contributed by atoms with Gasteiger partial charge in [0.2, 0.25) is 0 Å². The van der Waals surface area contributed by atoms with Gasteiger partial charge in [0, 0.05) is 53.7 Å². The van der Waals surface area contributed by atoms with E-state index in [1.54, 1.807) is 13.8 Å². The maximum atomic E-state index is 14.7. The molecule has 9 heteroatoms. The van der Waals surface area contributed by atoms with Crippen molar-refractivity contribution in [2.45, 2.75) is 79.1 Å². The number of rotatable bonds is 6. The summed E-state index contributed by atoms with van der Waals surface area (Å²) in [6.07, 6.45) is 0.282. The van der Waals surface area contributed by atoms with Crippen molar-refractivity contribution < 1.29 is 19.1 Å². The monoisotopic (exact) mass is 486 g/mol. The fraction of sp³-hybridized carbons (Fsp3) is 0.500. The highest BCUT2D eigenvalue weighted by molar-refractivity contribution is 5.97. The Morgan fingerprint density at radius 2 is 1.80 bits per heavy atom. The second-order valence-electron chi connectivity index (χ2n) is 9.52. The van der Waals surface area contributed by atoms with Crippen LogP contribution in [0.15, 0.2) is 23.0 Å². The molecule has 1 fully saturated rings. The number of H-pyrrole nitrogens is 1. The molecule has 190 valence electrons. The van der Waals surface area contributed by atoms with E-state index in [4.69, 9.17) is 0 Å². The Bertz CT molecular complexity index is 1170. The van der Waals surface area contributed by atoms with Gasteiger partial charge in [0.1, 0.15) is 5.82 Å². The molecule has 2 atom stereocenters. The number of nitrogens with one attached hydrogen (secondary N) is 2. The number of carbonyl (C=O) groups excluding carboxylic acids is 1. The highest BCUT2D eigenvalue weighted by atomic mass is 19.1. The lowest BCUT2D eigenvalue weighted by molar-refractivity contribution is 0.0762. The summed E-state index contributed by atoms with van der Waals surface area (Å²) in [5, 5.41) is 12.3. The Hall–Kier alpha value is -3.36. The molecule has 8 nitrogen and oxygen atoms in total. The number of carboxylic acid groups (broad SMARTS) is 1. The number of hydrogen-bond acceptors (Lipinski definition) is 4. The van der Waals surface area contributed by atoms with Crippen LogP contribution in [0.25, 0.3) is 0 Å². The molecule has 0 aliphatic carbocycles. The van der Waals surface area contributed by atoms with E-state index in [1.807, 2.05) is 33.8 Å². The van der Waals surface area contributed by atoms with E-state index in [0.29, 0.717) is 36.2 Å². The van der Waals surface area contributed by atoms with E-state index in [2.05, 4.69) is 15.2 Å². The first kappa shape index (κ1) is 26.2. The minimum absolute atomic E-state index is 0.00535. The normalized spacial score (nSPS) is 20.0. The van der Waals surface area contributed by atoms with E-state index >= 15 is 0 Å².